The molecule has 0 spiro atoms. The number of ether oxygens (including phenoxy) is 1. The molecule has 0 aliphatic rings. The maximum absolute atomic E-state index is 5.44. The molecule has 0 aliphatic carbocycles. The van der Waals surface area contributed by atoms with Crippen LogP contribution < -0.4 is 10.1 Å². The van der Waals surface area contributed by atoms with Gasteiger partial charge in [0.1, 0.15) is 5.75 Å². The Morgan fingerprint density at radius 2 is 1.79 bits per heavy atom. The number of hydrogen-bond acceptors (Lipinski definition) is 2. The Balaban J connectivity index is 2.20. The SMILES string of the molecule is CCCCCCC(C)NCc1ccc(OCC)cc1. The maximum atomic E-state index is 5.44. The van der Waals surface area contributed by atoms with E-state index in [0.29, 0.717) is 6.04 Å². The molecule has 0 aromatic heterocycles. The van der Waals surface area contributed by atoms with Gasteiger partial charge >= 0.3 is 0 Å². The molecule has 0 heterocycles. The van der Waals surface area contributed by atoms with Crippen LogP contribution in [0.2, 0.25) is 0 Å². The van der Waals surface area contributed by atoms with Gasteiger partial charge in [-0.25, -0.2) is 0 Å². The van der Waals surface area contributed by atoms with E-state index in [1.54, 1.807) is 0 Å². The van der Waals surface area contributed by atoms with Crippen LogP contribution in [0.3, 0.4) is 0 Å². The summed E-state index contributed by atoms with van der Waals surface area (Å²) in [6.45, 7) is 8.22. The molecule has 1 unspecified atom stereocenters. The van der Waals surface area contributed by atoms with Gasteiger partial charge in [0.15, 0.2) is 0 Å². The summed E-state index contributed by atoms with van der Waals surface area (Å²) < 4.78 is 5.44. The van der Waals surface area contributed by atoms with E-state index in [0.717, 1.165) is 18.9 Å². The van der Waals surface area contributed by atoms with Gasteiger partial charge in [-0.3, -0.25) is 0 Å². The van der Waals surface area contributed by atoms with E-state index in [1.807, 2.05) is 19.1 Å². The molecule has 0 amide bonds. The minimum atomic E-state index is 0.600. The molecule has 108 valence electrons. The third kappa shape index (κ3) is 7.22. The van der Waals surface area contributed by atoms with Crippen LogP contribution in [0, 0.1) is 0 Å². The lowest BCUT2D eigenvalue weighted by Crippen LogP contribution is -2.25. The van der Waals surface area contributed by atoms with Crippen LogP contribution in [0.1, 0.15) is 58.4 Å². The molecule has 1 rings (SSSR count). The Morgan fingerprint density at radius 3 is 2.42 bits per heavy atom. The maximum Gasteiger partial charge on any atom is 0.119 e. The van der Waals surface area contributed by atoms with Gasteiger partial charge in [0.25, 0.3) is 0 Å². The second-order valence-electron chi connectivity index (χ2n) is 5.21. The number of nitrogens with one attached hydrogen (secondary N) is 1. The van der Waals surface area contributed by atoms with Crippen molar-refractivity contribution in [2.75, 3.05) is 6.61 Å². The summed E-state index contributed by atoms with van der Waals surface area (Å²) in [6, 6.07) is 8.98. The standard InChI is InChI=1S/C17H29NO/c1-4-6-7-8-9-15(3)18-14-16-10-12-17(13-11-16)19-5-2/h10-13,15,18H,4-9,14H2,1-3H3. The fourth-order valence-corrected chi connectivity index (χ4v) is 2.14. The van der Waals surface area contributed by atoms with Crippen molar-refractivity contribution in [3.63, 3.8) is 0 Å². The smallest absolute Gasteiger partial charge is 0.119 e. The quantitative estimate of drug-likeness (QED) is 0.626. The van der Waals surface area contributed by atoms with Crippen LogP contribution in [0.4, 0.5) is 0 Å². The Hall–Kier alpha value is -1.02. The average molecular weight is 263 g/mol. The molecular formula is C17H29NO. The summed E-state index contributed by atoms with van der Waals surface area (Å²) in [5.74, 6) is 0.957. The fraction of sp³-hybridized carbons (Fsp3) is 0.647. The average Bonchev–Trinajstić information content (AvgIpc) is 2.43. The van der Waals surface area contributed by atoms with E-state index < -0.39 is 0 Å². The zero-order chi connectivity index (χ0) is 13.9. The van der Waals surface area contributed by atoms with Crippen molar-refractivity contribution in [2.45, 2.75) is 65.5 Å². The summed E-state index contributed by atoms with van der Waals surface area (Å²) in [5, 5.41) is 3.59. The third-order valence-corrected chi connectivity index (χ3v) is 3.38. The first-order valence-corrected chi connectivity index (χ1v) is 7.71. The molecule has 1 aromatic rings. The zero-order valence-corrected chi connectivity index (χ0v) is 12.7. The normalized spacial score (nSPS) is 12.4. The Bertz CT molecular complexity index is 321. The van der Waals surface area contributed by atoms with Crippen LogP contribution in [0.25, 0.3) is 0 Å². The van der Waals surface area contributed by atoms with Crippen LogP contribution in [0.15, 0.2) is 24.3 Å². The zero-order valence-electron chi connectivity index (χ0n) is 12.7. The second kappa shape index (κ2) is 9.85. The van der Waals surface area contributed by atoms with E-state index in [2.05, 4.69) is 31.3 Å². The summed E-state index contributed by atoms with van der Waals surface area (Å²) >= 11 is 0. The van der Waals surface area contributed by atoms with Gasteiger partial charge in [0, 0.05) is 12.6 Å². The summed E-state index contributed by atoms with van der Waals surface area (Å²) in [6.07, 6.45) is 6.66. The highest BCUT2D eigenvalue weighted by Gasteiger charge is 2.01. The molecule has 0 bridgehead atoms. The van der Waals surface area contributed by atoms with Crippen LogP contribution in [-0.2, 0) is 6.54 Å². The predicted molar refractivity (Wildman–Crippen MR) is 82.7 cm³/mol. The Labute approximate surface area is 118 Å². The molecule has 1 atom stereocenters. The lowest BCUT2D eigenvalue weighted by molar-refractivity contribution is 0.340. The Morgan fingerprint density at radius 1 is 1.05 bits per heavy atom. The van der Waals surface area contributed by atoms with E-state index in [-0.39, 0.29) is 0 Å². The van der Waals surface area contributed by atoms with Gasteiger partial charge in [-0.05, 0) is 38.0 Å². The van der Waals surface area contributed by atoms with E-state index in [9.17, 15) is 0 Å². The minimum Gasteiger partial charge on any atom is -0.494 e. The van der Waals surface area contributed by atoms with Crippen LogP contribution in [0.5, 0.6) is 5.75 Å². The molecule has 2 heteroatoms. The van der Waals surface area contributed by atoms with Crippen LogP contribution in [-0.4, -0.2) is 12.6 Å². The summed E-state index contributed by atoms with van der Waals surface area (Å²) in [4.78, 5) is 0. The van der Waals surface area contributed by atoms with Gasteiger partial charge < -0.3 is 10.1 Å². The molecule has 19 heavy (non-hydrogen) atoms. The van der Waals surface area contributed by atoms with Gasteiger partial charge in [0.05, 0.1) is 6.61 Å². The molecule has 0 saturated heterocycles. The van der Waals surface area contributed by atoms with Gasteiger partial charge in [0.2, 0.25) is 0 Å². The molecular weight excluding hydrogens is 234 g/mol. The molecule has 0 aliphatic heterocycles. The fourth-order valence-electron chi connectivity index (χ4n) is 2.14. The van der Waals surface area contributed by atoms with Crippen molar-refractivity contribution in [1.82, 2.24) is 5.32 Å². The van der Waals surface area contributed by atoms with Crippen molar-refractivity contribution < 1.29 is 4.74 Å². The highest BCUT2D eigenvalue weighted by Crippen LogP contribution is 2.12. The van der Waals surface area contributed by atoms with Crippen molar-refractivity contribution >= 4 is 0 Å². The number of hydrogen-bond donors (Lipinski definition) is 1. The minimum absolute atomic E-state index is 0.600. The van der Waals surface area contributed by atoms with Gasteiger partial charge in [-0.2, -0.15) is 0 Å². The van der Waals surface area contributed by atoms with Crippen LogP contribution >= 0.6 is 0 Å². The van der Waals surface area contributed by atoms with Gasteiger partial charge in [-0.15, -0.1) is 0 Å². The highest BCUT2D eigenvalue weighted by molar-refractivity contribution is 5.27. The van der Waals surface area contributed by atoms with Crippen molar-refractivity contribution in [1.29, 1.82) is 0 Å². The number of rotatable bonds is 10. The molecule has 1 N–H and O–H groups in total. The highest BCUT2D eigenvalue weighted by atomic mass is 16.5. The third-order valence-electron chi connectivity index (χ3n) is 3.38. The first-order chi connectivity index (χ1) is 9.26. The Kier molecular flexibility index (Phi) is 8.31. The molecule has 0 fully saturated rings. The lowest BCUT2D eigenvalue weighted by Gasteiger charge is -2.14. The van der Waals surface area contributed by atoms with Gasteiger partial charge in [-0.1, -0.05) is 44.7 Å². The van der Waals surface area contributed by atoms with E-state index in [1.165, 1.54) is 37.7 Å². The monoisotopic (exact) mass is 263 g/mol. The summed E-state index contributed by atoms with van der Waals surface area (Å²) in [7, 11) is 0. The summed E-state index contributed by atoms with van der Waals surface area (Å²) in [5.41, 5.74) is 1.32. The van der Waals surface area contributed by atoms with Crippen molar-refractivity contribution in [2.24, 2.45) is 0 Å². The first-order valence-electron chi connectivity index (χ1n) is 7.71. The van der Waals surface area contributed by atoms with E-state index >= 15 is 0 Å². The second-order valence-corrected chi connectivity index (χ2v) is 5.21. The predicted octanol–water partition coefficient (Wildman–Crippen LogP) is 4.53. The molecule has 0 saturated carbocycles. The number of benzene rings is 1. The topological polar surface area (TPSA) is 21.3 Å². The number of unbranched alkanes of at least 4 members (excludes halogenated alkanes) is 3. The lowest BCUT2D eigenvalue weighted by atomic mass is 10.1. The van der Waals surface area contributed by atoms with E-state index in [4.69, 9.17) is 4.74 Å². The molecule has 0 radical (unpaired) electrons. The largest absolute Gasteiger partial charge is 0.494 e. The van der Waals surface area contributed by atoms with Crippen molar-refractivity contribution in [3.8, 4) is 5.75 Å². The molecule has 1 aromatic carbocycles. The molecule has 2 nitrogen and oxygen atoms in total. The van der Waals surface area contributed by atoms with Crippen molar-refractivity contribution in [3.05, 3.63) is 29.8 Å². The first kappa shape index (κ1) is 16.0.